The summed E-state index contributed by atoms with van der Waals surface area (Å²) in [7, 11) is 2.35. The van der Waals surface area contributed by atoms with Gasteiger partial charge in [-0.2, -0.15) is 0 Å². The Labute approximate surface area is 162 Å². The van der Waals surface area contributed by atoms with E-state index in [0.717, 1.165) is 13.2 Å². The largest absolute Gasteiger partial charge is 0.467 e. The molecule has 8 nitrogen and oxygen atoms in total. The number of carbonyl (C=O) groups is 4. The van der Waals surface area contributed by atoms with Crippen LogP contribution in [-0.4, -0.2) is 50.1 Å². The molecule has 152 valence electrons. The van der Waals surface area contributed by atoms with E-state index in [0.29, 0.717) is 0 Å². The molecule has 9 heteroatoms. The van der Waals surface area contributed by atoms with Gasteiger partial charge in [0.1, 0.15) is 17.9 Å². The third-order valence-electron chi connectivity index (χ3n) is 3.70. The molecule has 0 unspecified atom stereocenters. The van der Waals surface area contributed by atoms with Gasteiger partial charge in [0, 0.05) is 19.4 Å². The standard InChI is InChI=1S/C19H23FN2O6/c1-12(23)21-16(11-13-7-4-5-8-14(13)20)18(25)22-15(19(26)28-3)9-6-10-17(24)27-2/h4-8,10,15-16H,9,11H2,1-3H3,(H,21,23)(H,22,25)/b10-6+/t15-,16-/m1/s1. The molecular weight excluding hydrogens is 371 g/mol. The molecule has 2 N–H and O–H groups in total. The summed E-state index contributed by atoms with van der Waals surface area (Å²) in [6.45, 7) is 1.22. The van der Waals surface area contributed by atoms with Crippen molar-refractivity contribution in [2.75, 3.05) is 14.2 Å². The van der Waals surface area contributed by atoms with E-state index in [-0.39, 0.29) is 18.4 Å². The fourth-order valence-electron chi connectivity index (χ4n) is 2.34. The lowest BCUT2D eigenvalue weighted by Gasteiger charge is -2.21. The molecule has 0 radical (unpaired) electrons. The number of halogens is 1. The average molecular weight is 394 g/mol. The van der Waals surface area contributed by atoms with E-state index in [1.54, 1.807) is 6.07 Å². The van der Waals surface area contributed by atoms with E-state index < -0.39 is 41.7 Å². The smallest absolute Gasteiger partial charge is 0.330 e. The maximum absolute atomic E-state index is 13.9. The van der Waals surface area contributed by atoms with Crippen molar-refractivity contribution in [3.05, 3.63) is 47.8 Å². The van der Waals surface area contributed by atoms with Crippen molar-refractivity contribution < 1.29 is 33.0 Å². The van der Waals surface area contributed by atoms with Crippen LogP contribution >= 0.6 is 0 Å². The molecule has 2 amide bonds. The number of amides is 2. The minimum atomic E-state index is -1.11. The third kappa shape index (κ3) is 7.56. The SMILES string of the molecule is COC(=O)/C=C/C[C@@H](NC(=O)[C@@H](Cc1ccccc1F)NC(C)=O)C(=O)OC. The summed E-state index contributed by atoms with van der Waals surface area (Å²) in [4.78, 5) is 47.1. The number of carbonyl (C=O) groups excluding carboxylic acids is 4. The van der Waals surface area contributed by atoms with Crippen LogP contribution in [0.3, 0.4) is 0 Å². The minimum Gasteiger partial charge on any atom is -0.467 e. The molecule has 0 bridgehead atoms. The van der Waals surface area contributed by atoms with Crippen molar-refractivity contribution in [1.29, 1.82) is 0 Å². The van der Waals surface area contributed by atoms with Gasteiger partial charge in [-0.15, -0.1) is 0 Å². The summed E-state index contributed by atoms with van der Waals surface area (Å²) in [6, 6.07) is 3.64. The molecule has 0 aliphatic heterocycles. The van der Waals surface area contributed by atoms with Crippen LogP contribution in [0.4, 0.5) is 4.39 Å². The van der Waals surface area contributed by atoms with Crippen LogP contribution < -0.4 is 10.6 Å². The molecule has 28 heavy (non-hydrogen) atoms. The molecule has 0 saturated carbocycles. The summed E-state index contributed by atoms with van der Waals surface area (Å²) in [5.74, 6) is -3.06. The molecule has 0 aliphatic rings. The van der Waals surface area contributed by atoms with Gasteiger partial charge in [0.2, 0.25) is 11.8 Å². The fourth-order valence-corrected chi connectivity index (χ4v) is 2.34. The summed E-state index contributed by atoms with van der Waals surface area (Å²) in [5.41, 5.74) is 0.233. The molecule has 0 heterocycles. The predicted molar refractivity (Wildman–Crippen MR) is 97.4 cm³/mol. The zero-order valence-corrected chi connectivity index (χ0v) is 15.9. The molecule has 0 spiro atoms. The Kier molecular flexibility index (Phi) is 9.35. The van der Waals surface area contributed by atoms with Crippen molar-refractivity contribution in [1.82, 2.24) is 10.6 Å². The third-order valence-corrected chi connectivity index (χ3v) is 3.70. The first-order valence-corrected chi connectivity index (χ1v) is 8.41. The van der Waals surface area contributed by atoms with Crippen LogP contribution in [0.25, 0.3) is 0 Å². The molecule has 0 saturated heterocycles. The second-order valence-electron chi connectivity index (χ2n) is 5.79. The quantitative estimate of drug-likeness (QED) is 0.470. The van der Waals surface area contributed by atoms with Gasteiger partial charge in [0.05, 0.1) is 14.2 Å². The number of hydrogen-bond acceptors (Lipinski definition) is 6. The highest BCUT2D eigenvalue weighted by atomic mass is 19.1. The van der Waals surface area contributed by atoms with E-state index in [2.05, 4.69) is 20.1 Å². The normalized spacial score (nSPS) is 12.7. The lowest BCUT2D eigenvalue weighted by Crippen LogP contribution is -2.52. The van der Waals surface area contributed by atoms with E-state index in [4.69, 9.17) is 0 Å². The summed E-state index contributed by atoms with van der Waals surface area (Å²) >= 11 is 0. The second kappa shape index (κ2) is 11.5. The summed E-state index contributed by atoms with van der Waals surface area (Å²) < 4.78 is 23.0. The highest BCUT2D eigenvalue weighted by molar-refractivity contribution is 5.90. The topological polar surface area (TPSA) is 111 Å². The minimum absolute atomic E-state index is 0.0417. The van der Waals surface area contributed by atoms with Crippen molar-refractivity contribution in [3.63, 3.8) is 0 Å². The van der Waals surface area contributed by atoms with Crippen molar-refractivity contribution >= 4 is 23.8 Å². The molecule has 0 aromatic heterocycles. The van der Waals surface area contributed by atoms with Crippen LogP contribution in [0, 0.1) is 5.82 Å². The maximum Gasteiger partial charge on any atom is 0.330 e. The van der Waals surface area contributed by atoms with Gasteiger partial charge >= 0.3 is 11.9 Å². The molecule has 0 fully saturated rings. The predicted octanol–water partition coefficient (Wildman–Crippen LogP) is 0.650. The maximum atomic E-state index is 13.9. The van der Waals surface area contributed by atoms with E-state index in [1.807, 2.05) is 0 Å². The number of ether oxygens (including phenoxy) is 2. The Hall–Kier alpha value is -3.23. The first kappa shape index (κ1) is 22.8. The molecule has 1 aromatic rings. The van der Waals surface area contributed by atoms with Crippen LogP contribution in [-0.2, 0) is 35.1 Å². The van der Waals surface area contributed by atoms with Crippen LogP contribution in [0.1, 0.15) is 18.9 Å². The number of esters is 2. The van der Waals surface area contributed by atoms with E-state index in [1.165, 1.54) is 38.3 Å². The zero-order chi connectivity index (χ0) is 21.1. The number of hydrogen-bond donors (Lipinski definition) is 2. The molecule has 0 aliphatic carbocycles. The lowest BCUT2D eigenvalue weighted by atomic mass is 10.0. The second-order valence-corrected chi connectivity index (χ2v) is 5.79. The van der Waals surface area contributed by atoms with Crippen LogP contribution in [0.15, 0.2) is 36.4 Å². The van der Waals surface area contributed by atoms with Crippen LogP contribution in [0.5, 0.6) is 0 Å². The average Bonchev–Trinajstić information content (AvgIpc) is 2.66. The van der Waals surface area contributed by atoms with E-state index >= 15 is 0 Å². The Morgan fingerprint density at radius 3 is 2.32 bits per heavy atom. The molecular formula is C19H23FN2O6. The Morgan fingerprint density at radius 2 is 1.75 bits per heavy atom. The van der Waals surface area contributed by atoms with Crippen LogP contribution in [0.2, 0.25) is 0 Å². The van der Waals surface area contributed by atoms with Gasteiger partial charge in [-0.25, -0.2) is 14.0 Å². The number of nitrogens with one attached hydrogen (secondary N) is 2. The number of rotatable bonds is 9. The number of methoxy groups -OCH3 is 2. The van der Waals surface area contributed by atoms with E-state index in [9.17, 15) is 23.6 Å². The Balaban J connectivity index is 2.93. The summed E-state index contributed by atoms with van der Waals surface area (Å²) in [5, 5.41) is 4.89. The highest BCUT2D eigenvalue weighted by Gasteiger charge is 2.27. The first-order valence-electron chi connectivity index (χ1n) is 8.41. The van der Waals surface area contributed by atoms with Crippen molar-refractivity contribution in [2.45, 2.75) is 31.8 Å². The molecule has 1 aromatic carbocycles. The monoisotopic (exact) mass is 394 g/mol. The summed E-state index contributed by atoms with van der Waals surface area (Å²) in [6.07, 6.45) is 2.30. The van der Waals surface area contributed by atoms with Gasteiger partial charge < -0.3 is 20.1 Å². The fraction of sp³-hybridized carbons (Fsp3) is 0.368. The van der Waals surface area contributed by atoms with Gasteiger partial charge in [-0.1, -0.05) is 24.3 Å². The Morgan fingerprint density at radius 1 is 1.07 bits per heavy atom. The zero-order valence-electron chi connectivity index (χ0n) is 15.9. The Bertz CT molecular complexity index is 750. The van der Waals surface area contributed by atoms with Gasteiger partial charge in [0.15, 0.2) is 0 Å². The number of benzene rings is 1. The molecule has 1 rings (SSSR count). The van der Waals surface area contributed by atoms with Crippen molar-refractivity contribution in [3.8, 4) is 0 Å². The molecule has 2 atom stereocenters. The van der Waals surface area contributed by atoms with Gasteiger partial charge in [-0.05, 0) is 18.1 Å². The van der Waals surface area contributed by atoms with Crippen molar-refractivity contribution in [2.24, 2.45) is 0 Å². The van der Waals surface area contributed by atoms with Gasteiger partial charge in [0.25, 0.3) is 0 Å². The van der Waals surface area contributed by atoms with Gasteiger partial charge in [-0.3, -0.25) is 9.59 Å². The highest BCUT2D eigenvalue weighted by Crippen LogP contribution is 2.10. The lowest BCUT2D eigenvalue weighted by molar-refractivity contribution is -0.145. The first-order chi connectivity index (χ1) is 13.3.